The summed E-state index contributed by atoms with van der Waals surface area (Å²) in [6.07, 6.45) is 0. The Bertz CT molecular complexity index is 938. The first-order chi connectivity index (χ1) is 10.8. The fourth-order valence-corrected chi connectivity index (χ4v) is 3.33. The highest BCUT2D eigenvalue weighted by molar-refractivity contribution is 9.10. The highest BCUT2D eigenvalue weighted by Gasteiger charge is 2.13. The molecular formula is C20H14BrN. The van der Waals surface area contributed by atoms with Crippen molar-refractivity contribution in [3.8, 4) is 16.9 Å². The monoisotopic (exact) mass is 347 g/mol. The highest BCUT2D eigenvalue weighted by Crippen LogP contribution is 2.34. The van der Waals surface area contributed by atoms with Gasteiger partial charge in [-0.3, -0.25) is 0 Å². The standard InChI is InChI=1S/C20H14BrN/c21-17-11-5-7-13-19(17)22-18-12-6-4-10-16(18)14-20(22)15-8-2-1-3-9-15/h1-14H. The minimum Gasteiger partial charge on any atom is -0.308 e. The molecule has 3 aromatic carbocycles. The smallest absolute Gasteiger partial charge is 0.0604 e. The van der Waals surface area contributed by atoms with Crippen molar-refractivity contribution in [2.75, 3.05) is 0 Å². The summed E-state index contributed by atoms with van der Waals surface area (Å²) in [4.78, 5) is 0. The van der Waals surface area contributed by atoms with Gasteiger partial charge in [0.1, 0.15) is 0 Å². The predicted octanol–water partition coefficient (Wildman–Crippen LogP) is 6.06. The van der Waals surface area contributed by atoms with E-state index >= 15 is 0 Å². The molecule has 0 radical (unpaired) electrons. The van der Waals surface area contributed by atoms with Gasteiger partial charge in [-0.05, 0) is 45.8 Å². The molecule has 0 aliphatic carbocycles. The number of nitrogens with zero attached hydrogens (tertiary/aromatic N) is 1. The number of fused-ring (bicyclic) bond motifs is 1. The SMILES string of the molecule is Brc1ccccc1-n1c(-c2ccccc2)cc2ccccc21. The number of rotatable bonds is 2. The van der Waals surface area contributed by atoms with Crippen molar-refractivity contribution in [3.63, 3.8) is 0 Å². The van der Waals surface area contributed by atoms with Crippen LogP contribution in [-0.2, 0) is 0 Å². The van der Waals surface area contributed by atoms with Crippen molar-refractivity contribution >= 4 is 26.8 Å². The second-order valence-corrected chi connectivity index (χ2v) is 6.10. The number of halogens is 1. The second kappa shape index (κ2) is 5.47. The van der Waals surface area contributed by atoms with Gasteiger partial charge in [-0.25, -0.2) is 0 Å². The maximum absolute atomic E-state index is 3.69. The van der Waals surface area contributed by atoms with Gasteiger partial charge in [0.05, 0.1) is 16.9 Å². The fraction of sp³-hybridized carbons (Fsp3) is 0. The van der Waals surface area contributed by atoms with Crippen LogP contribution in [0.2, 0.25) is 0 Å². The van der Waals surface area contributed by atoms with Gasteiger partial charge < -0.3 is 4.57 Å². The van der Waals surface area contributed by atoms with Gasteiger partial charge in [-0.1, -0.05) is 60.7 Å². The average molecular weight is 348 g/mol. The van der Waals surface area contributed by atoms with E-state index in [1.54, 1.807) is 0 Å². The van der Waals surface area contributed by atoms with E-state index in [1.807, 2.05) is 6.07 Å². The van der Waals surface area contributed by atoms with Gasteiger partial charge in [0.2, 0.25) is 0 Å². The van der Waals surface area contributed by atoms with Crippen LogP contribution in [0.4, 0.5) is 0 Å². The van der Waals surface area contributed by atoms with Gasteiger partial charge in [-0.15, -0.1) is 0 Å². The third-order valence-corrected chi connectivity index (χ3v) is 4.54. The minimum absolute atomic E-state index is 1.09. The van der Waals surface area contributed by atoms with Crippen molar-refractivity contribution in [1.82, 2.24) is 4.57 Å². The molecule has 2 heteroatoms. The van der Waals surface area contributed by atoms with E-state index in [1.165, 1.54) is 22.2 Å². The molecule has 0 spiro atoms. The minimum atomic E-state index is 1.09. The zero-order valence-corrected chi connectivity index (χ0v) is 13.5. The molecule has 1 nitrogen and oxygen atoms in total. The van der Waals surface area contributed by atoms with Crippen LogP contribution in [0.15, 0.2) is 89.4 Å². The summed E-state index contributed by atoms with van der Waals surface area (Å²) in [5.74, 6) is 0. The zero-order valence-electron chi connectivity index (χ0n) is 11.9. The number of benzene rings is 3. The summed E-state index contributed by atoms with van der Waals surface area (Å²) < 4.78 is 3.41. The van der Waals surface area contributed by atoms with E-state index in [4.69, 9.17) is 0 Å². The molecule has 0 bridgehead atoms. The quantitative estimate of drug-likeness (QED) is 0.415. The van der Waals surface area contributed by atoms with Crippen LogP contribution in [0.3, 0.4) is 0 Å². The Hall–Kier alpha value is -2.32. The Kier molecular flexibility index (Phi) is 3.32. The molecule has 4 aromatic rings. The second-order valence-electron chi connectivity index (χ2n) is 5.24. The summed E-state index contributed by atoms with van der Waals surface area (Å²) in [5.41, 5.74) is 4.79. The van der Waals surface area contributed by atoms with Gasteiger partial charge in [-0.2, -0.15) is 0 Å². The van der Waals surface area contributed by atoms with Crippen molar-refractivity contribution < 1.29 is 0 Å². The van der Waals surface area contributed by atoms with Crippen molar-refractivity contribution in [3.05, 3.63) is 89.4 Å². The highest BCUT2D eigenvalue weighted by atomic mass is 79.9. The van der Waals surface area contributed by atoms with Crippen LogP contribution in [0.25, 0.3) is 27.8 Å². The maximum Gasteiger partial charge on any atom is 0.0604 e. The molecule has 106 valence electrons. The molecule has 0 saturated carbocycles. The van der Waals surface area contributed by atoms with Crippen LogP contribution in [0.5, 0.6) is 0 Å². The number of hydrogen-bond donors (Lipinski definition) is 0. The summed E-state index contributed by atoms with van der Waals surface area (Å²) >= 11 is 3.69. The molecule has 4 rings (SSSR count). The van der Waals surface area contributed by atoms with Crippen LogP contribution >= 0.6 is 15.9 Å². The van der Waals surface area contributed by atoms with Gasteiger partial charge in [0, 0.05) is 9.86 Å². The molecule has 0 saturated heterocycles. The predicted molar refractivity (Wildman–Crippen MR) is 96.4 cm³/mol. The number of aromatic nitrogens is 1. The summed E-state index contributed by atoms with van der Waals surface area (Å²) in [7, 11) is 0. The average Bonchev–Trinajstić information content (AvgIpc) is 2.95. The molecule has 0 aliphatic rings. The molecule has 0 aliphatic heterocycles. The lowest BCUT2D eigenvalue weighted by Gasteiger charge is -2.13. The van der Waals surface area contributed by atoms with E-state index < -0.39 is 0 Å². The van der Waals surface area contributed by atoms with E-state index in [0.29, 0.717) is 0 Å². The molecule has 1 aromatic heterocycles. The van der Waals surface area contributed by atoms with Crippen LogP contribution in [0, 0.1) is 0 Å². The lowest BCUT2D eigenvalue weighted by molar-refractivity contribution is 1.12. The normalized spacial score (nSPS) is 11.0. The molecule has 0 N–H and O–H groups in total. The van der Waals surface area contributed by atoms with Crippen molar-refractivity contribution in [1.29, 1.82) is 0 Å². The van der Waals surface area contributed by atoms with Gasteiger partial charge in [0.25, 0.3) is 0 Å². The zero-order chi connectivity index (χ0) is 14.9. The van der Waals surface area contributed by atoms with E-state index in [2.05, 4.69) is 99.4 Å². The van der Waals surface area contributed by atoms with E-state index in [9.17, 15) is 0 Å². The Morgan fingerprint density at radius 3 is 2.18 bits per heavy atom. The van der Waals surface area contributed by atoms with Crippen molar-refractivity contribution in [2.24, 2.45) is 0 Å². The lowest BCUT2D eigenvalue weighted by Crippen LogP contribution is -1.97. The lowest BCUT2D eigenvalue weighted by atomic mass is 10.1. The molecule has 0 atom stereocenters. The third-order valence-electron chi connectivity index (χ3n) is 3.87. The van der Waals surface area contributed by atoms with Crippen LogP contribution in [0.1, 0.15) is 0 Å². The molecule has 1 heterocycles. The van der Waals surface area contributed by atoms with E-state index in [0.717, 1.165) is 10.2 Å². The Balaban J connectivity index is 2.10. The molecule has 0 fully saturated rings. The summed E-state index contributed by atoms with van der Waals surface area (Å²) in [5, 5.41) is 1.25. The maximum atomic E-state index is 3.69. The molecule has 0 unspecified atom stereocenters. The first-order valence-electron chi connectivity index (χ1n) is 7.25. The largest absolute Gasteiger partial charge is 0.308 e. The summed E-state index contributed by atoms with van der Waals surface area (Å²) in [6, 6.07) is 29.6. The van der Waals surface area contributed by atoms with Gasteiger partial charge >= 0.3 is 0 Å². The molecular weight excluding hydrogens is 334 g/mol. The topological polar surface area (TPSA) is 4.93 Å². The Morgan fingerprint density at radius 1 is 0.682 bits per heavy atom. The number of hydrogen-bond acceptors (Lipinski definition) is 0. The van der Waals surface area contributed by atoms with Crippen LogP contribution < -0.4 is 0 Å². The first kappa shape index (κ1) is 13.4. The Morgan fingerprint density at radius 2 is 1.36 bits per heavy atom. The first-order valence-corrected chi connectivity index (χ1v) is 8.05. The molecule has 0 amide bonds. The van der Waals surface area contributed by atoms with Crippen molar-refractivity contribution in [2.45, 2.75) is 0 Å². The molecule has 22 heavy (non-hydrogen) atoms. The Labute approximate surface area is 138 Å². The summed E-state index contributed by atoms with van der Waals surface area (Å²) in [6.45, 7) is 0. The van der Waals surface area contributed by atoms with Crippen LogP contribution in [-0.4, -0.2) is 4.57 Å². The number of para-hydroxylation sites is 2. The third kappa shape index (κ3) is 2.16. The van der Waals surface area contributed by atoms with E-state index in [-0.39, 0.29) is 0 Å². The fourth-order valence-electron chi connectivity index (χ4n) is 2.87. The van der Waals surface area contributed by atoms with Gasteiger partial charge in [0.15, 0.2) is 0 Å².